The monoisotopic (exact) mass is 340 g/mol. The van der Waals surface area contributed by atoms with Crippen molar-refractivity contribution in [3.63, 3.8) is 0 Å². The van der Waals surface area contributed by atoms with Gasteiger partial charge in [-0.2, -0.15) is 0 Å². The van der Waals surface area contributed by atoms with Gasteiger partial charge in [0.2, 0.25) is 0 Å². The summed E-state index contributed by atoms with van der Waals surface area (Å²) >= 11 is 3.29. The van der Waals surface area contributed by atoms with E-state index in [-0.39, 0.29) is 11.9 Å². The highest BCUT2D eigenvalue weighted by Gasteiger charge is 2.18. The number of aromatic nitrogens is 1. The molecule has 0 aliphatic heterocycles. The Kier molecular flexibility index (Phi) is 3.69. The first-order valence-corrected chi connectivity index (χ1v) is 8.91. The van der Waals surface area contributed by atoms with Crippen LogP contribution >= 0.6 is 22.7 Å². The van der Waals surface area contributed by atoms with Crippen LogP contribution in [0.2, 0.25) is 0 Å². The summed E-state index contributed by atoms with van der Waals surface area (Å²) < 4.78 is 14.3. The molecule has 114 valence electrons. The number of halogens is 1. The van der Waals surface area contributed by atoms with Gasteiger partial charge in [-0.3, -0.25) is 4.98 Å². The van der Waals surface area contributed by atoms with Gasteiger partial charge in [0, 0.05) is 26.7 Å². The van der Waals surface area contributed by atoms with Crippen LogP contribution in [0, 0.1) is 5.82 Å². The van der Waals surface area contributed by atoms with E-state index in [9.17, 15) is 4.39 Å². The molecule has 0 bridgehead atoms. The van der Waals surface area contributed by atoms with Crippen molar-refractivity contribution in [2.45, 2.75) is 6.04 Å². The van der Waals surface area contributed by atoms with Crippen LogP contribution in [0.3, 0.4) is 0 Å². The van der Waals surface area contributed by atoms with Crippen LogP contribution < -0.4 is 5.73 Å². The van der Waals surface area contributed by atoms with E-state index in [1.54, 1.807) is 41.0 Å². The molecule has 23 heavy (non-hydrogen) atoms. The van der Waals surface area contributed by atoms with Gasteiger partial charge in [-0.1, -0.05) is 18.2 Å². The first kappa shape index (κ1) is 14.5. The molecule has 0 fully saturated rings. The third-order valence-corrected chi connectivity index (χ3v) is 5.72. The lowest BCUT2D eigenvalue weighted by molar-refractivity contribution is 0.628. The zero-order valence-corrected chi connectivity index (χ0v) is 13.7. The highest BCUT2D eigenvalue weighted by Crippen LogP contribution is 2.38. The van der Waals surface area contributed by atoms with Crippen molar-refractivity contribution in [1.29, 1.82) is 0 Å². The summed E-state index contributed by atoms with van der Waals surface area (Å²) in [5.41, 5.74) is 9.35. The number of nitrogens with two attached hydrogens (primary N) is 1. The molecule has 0 aliphatic carbocycles. The minimum absolute atomic E-state index is 0.234. The van der Waals surface area contributed by atoms with Crippen LogP contribution in [0.1, 0.15) is 16.6 Å². The first-order chi connectivity index (χ1) is 11.2. The van der Waals surface area contributed by atoms with Crippen molar-refractivity contribution < 1.29 is 4.39 Å². The summed E-state index contributed by atoms with van der Waals surface area (Å²) in [5.74, 6) is -0.234. The largest absolute Gasteiger partial charge is 0.318 e. The number of benzene rings is 1. The van der Waals surface area contributed by atoms with E-state index < -0.39 is 0 Å². The van der Waals surface area contributed by atoms with Crippen molar-refractivity contribution in [2.75, 3.05) is 0 Å². The van der Waals surface area contributed by atoms with E-state index in [1.165, 1.54) is 12.1 Å². The Bertz CT molecular complexity index is 943. The average Bonchev–Trinajstić information content (AvgIpc) is 3.24. The maximum absolute atomic E-state index is 13.2. The van der Waals surface area contributed by atoms with Gasteiger partial charge in [0.05, 0.1) is 11.7 Å². The summed E-state index contributed by atoms with van der Waals surface area (Å²) in [6.45, 7) is 0. The van der Waals surface area contributed by atoms with Crippen LogP contribution in [-0.2, 0) is 0 Å². The molecular formula is C18H13FN2S2. The van der Waals surface area contributed by atoms with Gasteiger partial charge < -0.3 is 5.73 Å². The summed E-state index contributed by atoms with van der Waals surface area (Å²) in [5, 5.41) is 5.17. The van der Waals surface area contributed by atoms with E-state index in [0.29, 0.717) is 0 Å². The molecule has 0 radical (unpaired) electrons. The van der Waals surface area contributed by atoms with Gasteiger partial charge in [0.1, 0.15) is 5.82 Å². The Morgan fingerprint density at radius 2 is 1.87 bits per heavy atom. The summed E-state index contributed by atoms with van der Waals surface area (Å²) in [6, 6.07) is 12.3. The topological polar surface area (TPSA) is 38.9 Å². The quantitative estimate of drug-likeness (QED) is 0.556. The van der Waals surface area contributed by atoms with Crippen molar-refractivity contribution in [3.8, 4) is 11.1 Å². The number of hydrogen-bond donors (Lipinski definition) is 1. The molecule has 1 aromatic carbocycles. The Morgan fingerprint density at radius 3 is 2.61 bits per heavy atom. The molecule has 1 atom stereocenters. The van der Waals surface area contributed by atoms with Crippen LogP contribution in [0.4, 0.5) is 4.39 Å². The van der Waals surface area contributed by atoms with E-state index in [2.05, 4.69) is 10.4 Å². The molecule has 0 saturated carbocycles. The van der Waals surface area contributed by atoms with Gasteiger partial charge in [-0.05, 0) is 40.6 Å². The molecule has 5 heteroatoms. The molecule has 0 saturated heterocycles. The average molecular weight is 340 g/mol. The molecular weight excluding hydrogens is 327 g/mol. The Morgan fingerprint density at radius 1 is 1.04 bits per heavy atom. The minimum atomic E-state index is -0.257. The van der Waals surface area contributed by atoms with Gasteiger partial charge in [-0.15, -0.1) is 22.7 Å². The molecule has 3 heterocycles. The number of nitrogens with zero attached hydrogens (tertiary/aromatic N) is 1. The van der Waals surface area contributed by atoms with Gasteiger partial charge in [-0.25, -0.2) is 4.39 Å². The van der Waals surface area contributed by atoms with E-state index in [1.807, 2.05) is 23.6 Å². The Labute approximate surface area is 141 Å². The predicted octanol–water partition coefficient (Wildman–Crippen LogP) is 5.21. The smallest absolute Gasteiger partial charge is 0.123 e. The molecule has 2 nitrogen and oxygen atoms in total. The van der Waals surface area contributed by atoms with Crippen LogP contribution in [0.15, 0.2) is 59.4 Å². The normalized spacial score (nSPS) is 12.6. The lowest BCUT2D eigenvalue weighted by Crippen LogP contribution is -2.12. The molecule has 1 unspecified atom stereocenters. The highest BCUT2D eigenvalue weighted by atomic mass is 32.1. The fourth-order valence-electron chi connectivity index (χ4n) is 2.69. The van der Waals surface area contributed by atoms with E-state index >= 15 is 0 Å². The zero-order valence-electron chi connectivity index (χ0n) is 12.1. The molecule has 2 N–H and O–H groups in total. The Balaban J connectivity index is 1.92. The standard InChI is InChI=1S/C18H13FN2S2/c19-12-5-3-11(4-6-12)13-10-23-14-7-8-21-18(16(13)14)17(20)15-2-1-9-22-15/h1-10,17H,20H2. The second kappa shape index (κ2) is 5.85. The molecule has 0 aliphatic rings. The summed E-state index contributed by atoms with van der Waals surface area (Å²) in [4.78, 5) is 5.64. The first-order valence-electron chi connectivity index (χ1n) is 7.15. The fourth-order valence-corrected chi connectivity index (χ4v) is 4.39. The fraction of sp³-hybridized carbons (Fsp3) is 0.0556. The zero-order chi connectivity index (χ0) is 15.8. The lowest BCUT2D eigenvalue weighted by atomic mass is 10.0. The molecule has 0 amide bonds. The second-order valence-corrected chi connectivity index (χ2v) is 7.11. The van der Waals surface area contributed by atoms with Crippen molar-refractivity contribution >= 4 is 32.8 Å². The highest BCUT2D eigenvalue weighted by molar-refractivity contribution is 7.17. The van der Waals surface area contributed by atoms with Crippen molar-refractivity contribution in [3.05, 3.63) is 75.8 Å². The molecule has 3 aromatic heterocycles. The second-order valence-electron chi connectivity index (χ2n) is 5.22. The SMILES string of the molecule is NC(c1cccs1)c1nccc2scc(-c3ccc(F)cc3)c12. The van der Waals surface area contributed by atoms with Crippen molar-refractivity contribution in [1.82, 2.24) is 4.98 Å². The number of fused-ring (bicyclic) bond motifs is 1. The summed E-state index contributed by atoms with van der Waals surface area (Å²) in [6.07, 6.45) is 1.80. The lowest BCUT2D eigenvalue weighted by Gasteiger charge is -2.12. The minimum Gasteiger partial charge on any atom is -0.318 e. The van der Waals surface area contributed by atoms with Crippen LogP contribution in [0.25, 0.3) is 21.2 Å². The number of rotatable bonds is 3. The number of thiophene rings is 2. The van der Waals surface area contributed by atoms with E-state index in [0.717, 1.165) is 31.8 Å². The summed E-state index contributed by atoms with van der Waals surface area (Å²) in [7, 11) is 0. The third-order valence-electron chi connectivity index (χ3n) is 3.81. The molecule has 4 rings (SSSR count). The third kappa shape index (κ3) is 2.57. The van der Waals surface area contributed by atoms with E-state index in [4.69, 9.17) is 5.73 Å². The van der Waals surface area contributed by atoms with Crippen LogP contribution in [0.5, 0.6) is 0 Å². The van der Waals surface area contributed by atoms with Gasteiger partial charge in [0.15, 0.2) is 0 Å². The maximum Gasteiger partial charge on any atom is 0.123 e. The van der Waals surface area contributed by atoms with Gasteiger partial charge >= 0.3 is 0 Å². The van der Waals surface area contributed by atoms with Crippen LogP contribution in [-0.4, -0.2) is 4.98 Å². The predicted molar refractivity (Wildman–Crippen MR) is 95.4 cm³/mol. The van der Waals surface area contributed by atoms with Crippen molar-refractivity contribution in [2.24, 2.45) is 5.73 Å². The number of pyridine rings is 1. The Hall–Kier alpha value is -2.08. The van der Waals surface area contributed by atoms with Gasteiger partial charge in [0.25, 0.3) is 0 Å². The number of hydrogen-bond acceptors (Lipinski definition) is 4. The molecule has 4 aromatic rings. The molecule has 0 spiro atoms. The maximum atomic E-state index is 13.2.